The zero-order valence-electron chi connectivity index (χ0n) is 50.2. The van der Waals surface area contributed by atoms with E-state index in [4.69, 9.17) is 18.9 Å². The molecule has 1 N–H and O–H groups in total. The van der Waals surface area contributed by atoms with Crippen molar-refractivity contribution in [3.05, 3.63) is 36.5 Å². The van der Waals surface area contributed by atoms with E-state index >= 15 is 0 Å². The van der Waals surface area contributed by atoms with Gasteiger partial charge in [-0.25, -0.2) is 4.79 Å². The number of hydrogen-bond acceptors (Lipinski definition) is 7. The first-order valence-corrected chi connectivity index (χ1v) is 32.2. The Hall–Kier alpha value is -2.49. The fourth-order valence-electron chi connectivity index (χ4n) is 9.50. The Morgan fingerprint density at radius 2 is 0.760 bits per heavy atom. The third kappa shape index (κ3) is 59.0. The Labute approximate surface area is 464 Å². The van der Waals surface area contributed by atoms with Gasteiger partial charge in [0.2, 0.25) is 0 Å². The van der Waals surface area contributed by atoms with Crippen LogP contribution in [0.3, 0.4) is 0 Å². The number of quaternary nitrogens is 1. The van der Waals surface area contributed by atoms with Crippen LogP contribution in [0.4, 0.5) is 0 Å². The number of carboxylic acids is 1. The molecule has 0 saturated carbocycles. The van der Waals surface area contributed by atoms with Crippen LogP contribution in [0.1, 0.15) is 309 Å². The number of allylic oxidation sites excluding steroid dienone is 6. The molecule has 0 aliphatic heterocycles. The van der Waals surface area contributed by atoms with Gasteiger partial charge in [0.25, 0.3) is 6.29 Å². The van der Waals surface area contributed by atoms with E-state index in [1.54, 1.807) is 0 Å². The van der Waals surface area contributed by atoms with Gasteiger partial charge in [0.05, 0.1) is 34.4 Å². The molecule has 0 heterocycles. The zero-order valence-corrected chi connectivity index (χ0v) is 50.2. The van der Waals surface area contributed by atoms with Crippen molar-refractivity contribution in [2.75, 3.05) is 47.5 Å². The summed E-state index contributed by atoms with van der Waals surface area (Å²) in [5, 5.41) is 9.68. The second-order valence-corrected chi connectivity index (χ2v) is 23.1. The molecule has 0 radical (unpaired) electrons. The molecule has 2 unspecified atom stereocenters. The van der Waals surface area contributed by atoms with Crippen LogP contribution in [-0.2, 0) is 33.3 Å². The molecular formula is C66H124NO8+. The molecule has 9 heteroatoms. The van der Waals surface area contributed by atoms with Crippen molar-refractivity contribution >= 4 is 17.9 Å². The van der Waals surface area contributed by atoms with Gasteiger partial charge >= 0.3 is 17.9 Å². The topological polar surface area (TPSA) is 108 Å². The van der Waals surface area contributed by atoms with Crippen molar-refractivity contribution in [2.45, 2.75) is 322 Å². The average Bonchev–Trinajstić information content (AvgIpc) is 3.38. The summed E-state index contributed by atoms with van der Waals surface area (Å²) in [6.45, 7) is 4.76. The SMILES string of the molecule is CC/C=C\C/C=C\C/C=C\CCCCCC(=O)OC(COC(=O)CCCCCCCCCCCCCCCCCCCCCCCCCCCCCCCCCCCCCCC)COC(OCC[N+](C)(C)C)C(=O)O. The van der Waals surface area contributed by atoms with Crippen molar-refractivity contribution in [1.82, 2.24) is 0 Å². The van der Waals surface area contributed by atoms with Gasteiger partial charge in [0, 0.05) is 12.8 Å². The summed E-state index contributed by atoms with van der Waals surface area (Å²) in [5.74, 6) is -2.03. The largest absolute Gasteiger partial charge is 0.477 e. The summed E-state index contributed by atoms with van der Waals surface area (Å²) in [5.41, 5.74) is 0. The Morgan fingerprint density at radius 1 is 0.413 bits per heavy atom. The van der Waals surface area contributed by atoms with Crippen molar-refractivity contribution in [1.29, 1.82) is 0 Å². The second kappa shape index (κ2) is 57.7. The zero-order chi connectivity index (χ0) is 54.8. The Balaban J connectivity index is 3.91. The van der Waals surface area contributed by atoms with E-state index in [2.05, 4.69) is 50.3 Å². The van der Waals surface area contributed by atoms with Crippen LogP contribution in [0.25, 0.3) is 0 Å². The Bertz CT molecular complexity index is 1320. The highest BCUT2D eigenvalue weighted by Gasteiger charge is 2.25. The summed E-state index contributed by atoms with van der Waals surface area (Å²) in [6.07, 6.45) is 68.6. The number of ether oxygens (including phenoxy) is 4. The Morgan fingerprint density at radius 3 is 1.13 bits per heavy atom. The number of carboxylic acid groups (broad SMARTS) is 1. The summed E-state index contributed by atoms with van der Waals surface area (Å²) >= 11 is 0. The second-order valence-electron chi connectivity index (χ2n) is 23.1. The van der Waals surface area contributed by atoms with Crippen LogP contribution in [0.15, 0.2) is 36.5 Å². The minimum absolute atomic E-state index is 0.183. The van der Waals surface area contributed by atoms with E-state index in [1.807, 2.05) is 21.1 Å². The van der Waals surface area contributed by atoms with Crippen molar-refractivity contribution in [2.24, 2.45) is 0 Å². The minimum Gasteiger partial charge on any atom is -0.477 e. The lowest BCUT2D eigenvalue weighted by Crippen LogP contribution is -2.40. The molecule has 2 atom stereocenters. The predicted octanol–water partition coefficient (Wildman–Crippen LogP) is 19.2. The molecule has 0 amide bonds. The number of unbranched alkanes of at least 4 members (excludes halogenated alkanes) is 39. The molecule has 0 aromatic rings. The molecule has 0 aromatic carbocycles. The lowest BCUT2D eigenvalue weighted by Gasteiger charge is -2.25. The van der Waals surface area contributed by atoms with E-state index < -0.39 is 24.3 Å². The minimum atomic E-state index is -1.52. The van der Waals surface area contributed by atoms with Gasteiger partial charge in [-0.15, -0.1) is 0 Å². The number of carbonyl (C=O) groups excluding carboxylic acids is 2. The molecule has 0 saturated heterocycles. The molecular weight excluding hydrogens is 935 g/mol. The number of hydrogen-bond donors (Lipinski definition) is 1. The highest BCUT2D eigenvalue weighted by atomic mass is 16.7. The summed E-state index contributed by atoms with van der Waals surface area (Å²) in [4.78, 5) is 37.3. The third-order valence-corrected chi connectivity index (χ3v) is 14.4. The van der Waals surface area contributed by atoms with Crippen LogP contribution in [0.5, 0.6) is 0 Å². The fourth-order valence-corrected chi connectivity index (χ4v) is 9.50. The van der Waals surface area contributed by atoms with Crippen molar-refractivity contribution in [3.63, 3.8) is 0 Å². The quantitative estimate of drug-likeness (QED) is 0.0211. The molecule has 0 spiro atoms. The van der Waals surface area contributed by atoms with Crippen molar-refractivity contribution < 1.29 is 42.9 Å². The van der Waals surface area contributed by atoms with Crippen molar-refractivity contribution in [3.8, 4) is 0 Å². The van der Waals surface area contributed by atoms with Crippen LogP contribution >= 0.6 is 0 Å². The van der Waals surface area contributed by atoms with Crippen LogP contribution in [-0.4, -0.2) is 87.4 Å². The van der Waals surface area contributed by atoms with Gasteiger partial charge < -0.3 is 28.5 Å². The monoisotopic (exact) mass is 1060 g/mol. The normalized spacial score (nSPS) is 12.9. The van der Waals surface area contributed by atoms with E-state index in [0.29, 0.717) is 23.9 Å². The first-order valence-electron chi connectivity index (χ1n) is 32.2. The maximum absolute atomic E-state index is 12.8. The number of aliphatic carboxylic acids is 1. The smallest absolute Gasteiger partial charge is 0.361 e. The molecule has 0 bridgehead atoms. The molecule has 0 fully saturated rings. The number of carbonyl (C=O) groups is 3. The van der Waals surface area contributed by atoms with E-state index in [1.165, 1.54) is 218 Å². The first-order chi connectivity index (χ1) is 36.6. The molecule has 0 aromatic heterocycles. The van der Waals surface area contributed by atoms with Gasteiger partial charge in [0.15, 0.2) is 6.10 Å². The standard InChI is InChI=1S/C66H123NO8/c1-6-8-10-12-14-16-18-20-21-22-23-24-25-26-27-28-29-30-31-32-33-34-35-36-37-38-39-40-41-42-43-45-46-48-50-52-54-56-63(68)73-60-62(61-74-66(65(70)71)72-59-58-67(3,4)5)75-64(69)57-55-53-51-49-47-44-19-17-15-13-11-9-7-2/h9,11,15,17,44,47,62,66H,6-8,10,12-14,16,18-43,45-46,48-61H2,1-5H3/p+1/b11-9-,17-15-,47-44-. The molecule has 440 valence electrons. The molecule has 75 heavy (non-hydrogen) atoms. The van der Waals surface area contributed by atoms with Gasteiger partial charge in [-0.1, -0.05) is 288 Å². The summed E-state index contributed by atoms with van der Waals surface area (Å²) < 4.78 is 22.8. The van der Waals surface area contributed by atoms with Crippen LogP contribution < -0.4 is 0 Å². The number of nitrogens with zero attached hydrogens (tertiary/aromatic N) is 1. The highest BCUT2D eigenvalue weighted by molar-refractivity contribution is 5.71. The summed E-state index contributed by atoms with van der Waals surface area (Å²) in [7, 11) is 5.96. The molecule has 0 aliphatic rings. The first kappa shape index (κ1) is 72.5. The van der Waals surface area contributed by atoms with Crippen LogP contribution in [0, 0.1) is 0 Å². The number of esters is 2. The van der Waals surface area contributed by atoms with E-state index in [9.17, 15) is 19.5 Å². The van der Waals surface area contributed by atoms with E-state index in [-0.39, 0.29) is 32.2 Å². The molecule has 0 aliphatic carbocycles. The fraction of sp³-hybridized carbons (Fsp3) is 0.864. The van der Waals surface area contributed by atoms with E-state index in [0.717, 1.165) is 57.8 Å². The van der Waals surface area contributed by atoms with Gasteiger partial charge in [-0.2, -0.15) is 0 Å². The number of likely N-dealkylation sites (N-methyl/N-ethyl adjacent to an activating group) is 1. The van der Waals surface area contributed by atoms with Gasteiger partial charge in [0.1, 0.15) is 13.2 Å². The maximum Gasteiger partial charge on any atom is 0.361 e. The Kier molecular flexibility index (Phi) is 55.8. The third-order valence-electron chi connectivity index (χ3n) is 14.4. The predicted molar refractivity (Wildman–Crippen MR) is 318 cm³/mol. The van der Waals surface area contributed by atoms with Gasteiger partial charge in [-0.05, 0) is 44.9 Å². The molecule has 9 nitrogen and oxygen atoms in total. The van der Waals surface area contributed by atoms with Crippen LogP contribution in [0.2, 0.25) is 0 Å². The lowest BCUT2D eigenvalue weighted by atomic mass is 10.0. The average molecular weight is 1060 g/mol. The number of rotatable bonds is 60. The summed E-state index contributed by atoms with van der Waals surface area (Å²) in [6, 6.07) is 0. The maximum atomic E-state index is 12.8. The highest BCUT2D eigenvalue weighted by Crippen LogP contribution is 2.18. The van der Waals surface area contributed by atoms with Gasteiger partial charge in [-0.3, -0.25) is 9.59 Å². The lowest BCUT2D eigenvalue weighted by molar-refractivity contribution is -0.870. The molecule has 0 rings (SSSR count).